The summed E-state index contributed by atoms with van der Waals surface area (Å²) in [6.45, 7) is 2.06. The van der Waals surface area contributed by atoms with Crippen LogP contribution >= 0.6 is 0 Å². The largest absolute Gasteiger partial charge is 0.357 e. The van der Waals surface area contributed by atoms with Gasteiger partial charge in [-0.2, -0.15) is 0 Å². The molecular formula is C25H27N3O. The maximum atomic E-state index is 12.2. The van der Waals surface area contributed by atoms with Gasteiger partial charge in [0.1, 0.15) is 5.82 Å². The standard InChI is InChI=1S/C25H27N3O/c29-25(18-21-9-5-2-6-10-21)27-23-11-12-24(26-19-23)28-15-13-22(14-16-28)17-20-7-3-1-4-8-20/h1-12,19,22H,13-18H2,(H,27,29). The maximum Gasteiger partial charge on any atom is 0.228 e. The van der Waals surface area contributed by atoms with Gasteiger partial charge in [-0.1, -0.05) is 60.7 Å². The molecule has 0 saturated carbocycles. The lowest BCUT2D eigenvalue weighted by Gasteiger charge is -2.33. The Morgan fingerprint density at radius 3 is 2.17 bits per heavy atom. The first-order valence-corrected chi connectivity index (χ1v) is 10.3. The van der Waals surface area contributed by atoms with Gasteiger partial charge in [0.25, 0.3) is 0 Å². The summed E-state index contributed by atoms with van der Waals surface area (Å²) < 4.78 is 0. The Kier molecular flexibility index (Phi) is 6.20. The smallest absolute Gasteiger partial charge is 0.228 e. The fourth-order valence-electron chi connectivity index (χ4n) is 3.95. The van der Waals surface area contributed by atoms with Crippen molar-refractivity contribution in [2.45, 2.75) is 25.7 Å². The van der Waals surface area contributed by atoms with Crippen LogP contribution in [0.3, 0.4) is 0 Å². The molecule has 4 rings (SSSR count). The van der Waals surface area contributed by atoms with E-state index in [4.69, 9.17) is 0 Å². The number of anilines is 2. The number of pyridine rings is 1. The molecule has 4 nitrogen and oxygen atoms in total. The zero-order chi connectivity index (χ0) is 19.9. The molecule has 1 saturated heterocycles. The molecule has 0 radical (unpaired) electrons. The van der Waals surface area contributed by atoms with Gasteiger partial charge >= 0.3 is 0 Å². The van der Waals surface area contributed by atoms with Crippen LogP contribution in [0.25, 0.3) is 0 Å². The van der Waals surface area contributed by atoms with E-state index < -0.39 is 0 Å². The normalized spacial score (nSPS) is 14.6. The highest BCUT2D eigenvalue weighted by molar-refractivity contribution is 5.92. The van der Waals surface area contributed by atoms with Crippen LogP contribution in [0.15, 0.2) is 79.0 Å². The quantitative estimate of drug-likeness (QED) is 0.668. The number of carbonyl (C=O) groups excluding carboxylic acids is 1. The van der Waals surface area contributed by atoms with Crippen LogP contribution in [0.4, 0.5) is 11.5 Å². The molecular weight excluding hydrogens is 358 g/mol. The number of aromatic nitrogens is 1. The third kappa shape index (κ3) is 5.44. The minimum absolute atomic E-state index is 0.0209. The predicted octanol–water partition coefficient (Wildman–Crippen LogP) is 4.72. The van der Waals surface area contributed by atoms with Gasteiger partial charge in [-0.15, -0.1) is 0 Å². The number of rotatable bonds is 6. The summed E-state index contributed by atoms with van der Waals surface area (Å²) in [7, 11) is 0. The summed E-state index contributed by atoms with van der Waals surface area (Å²) in [6.07, 6.45) is 5.67. The topological polar surface area (TPSA) is 45.2 Å². The Labute approximate surface area is 172 Å². The lowest BCUT2D eigenvalue weighted by molar-refractivity contribution is -0.115. The zero-order valence-corrected chi connectivity index (χ0v) is 16.6. The Hall–Kier alpha value is -3.14. The van der Waals surface area contributed by atoms with Crippen LogP contribution in [0.5, 0.6) is 0 Å². The van der Waals surface area contributed by atoms with Gasteiger partial charge < -0.3 is 10.2 Å². The minimum atomic E-state index is -0.0209. The van der Waals surface area contributed by atoms with E-state index in [2.05, 4.69) is 45.5 Å². The monoisotopic (exact) mass is 385 g/mol. The molecule has 0 spiro atoms. The van der Waals surface area contributed by atoms with Gasteiger partial charge in [-0.05, 0) is 48.4 Å². The summed E-state index contributed by atoms with van der Waals surface area (Å²) in [5, 5.41) is 2.93. The van der Waals surface area contributed by atoms with Crippen molar-refractivity contribution in [1.82, 2.24) is 4.98 Å². The molecule has 2 heterocycles. The second kappa shape index (κ2) is 9.37. The summed E-state index contributed by atoms with van der Waals surface area (Å²) >= 11 is 0. The molecule has 1 amide bonds. The van der Waals surface area contributed by atoms with E-state index >= 15 is 0 Å². The summed E-state index contributed by atoms with van der Waals surface area (Å²) in [5.41, 5.74) is 3.18. The number of hydrogen-bond acceptors (Lipinski definition) is 3. The number of amides is 1. The van der Waals surface area contributed by atoms with E-state index in [0.29, 0.717) is 6.42 Å². The highest BCUT2D eigenvalue weighted by Crippen LogP contribution is 2.25. The van der Waals surface area contributed by atoms with Gasteiger partial charge in [0, 0.05) is 13.1 Å². The number of nitrogens with zero attached hydrogens (tertiary/aromatic N) is 2. The number of hydrogen-bond donors (Lipinski definition) is 1. The Morgan fingerprint density at radius 2 is 1.55 bits per heavy atom. The van der Waals surface area contributed by atoms with E-state index in [0.717, 1.165) is 42.5 Å². The fourth-order valence-corrected chi connectivity index (χ4v) is 3.95. The Morgan fingerprint density at radius 1 is 0.897 bits per heavy atom. The highest BCUT2D eigenvalue weighted by atomic mass is 16.1. The van der Waals surface area contributed by atoms with Gasteiger partial charge in [0.05, 0.1) is 18.3 Å². The third-order valence-electron chi connectivity index (χ3n) is 5.54. The minimum Gasteiger partial charge on any atom is -0.357 e. The van der Waals surface area contributed by atoms with Crippen LogP contribution in [-0.4, -0.2) is 24.0 Å². The molecule has 1 fully saturated rings. The van der Waals surface area contributed by atoms with Crippen LogP contribution in [-0.2, 0) is 17.6 Å². The molecule has 29 heavy (non-hydrogen) atoms. The molecule has 1 N–H and O–H groups in total. The fraction of sp³-hybridized carbons (Fsp3) is 0.280. The van der Waals surface area contributed by atoms with E-state index in [-0.39, 0.29) is 5.91 Å². The van der Waals surface area contributed by atoms with Crippen molar-refractivity contribution in [3.05, 3.63) is 90.1 Å². The predicted molar refractivity (Wildman–Crippen MR) is 118 cm³/mol. The molecule has 0 bridgehead atoms. The number of benzene rings is 2. The summed E-state index contributed by atoms with van der Waals surface area (Å²) in [4.78, 5) is 19.1. The molecule has 1 aliphatic rings. The molecule has 1 aromatic heterocycles. The third-order valence-corrected chi connectivity index (χ3v) is 5.54. The Balaban J connectivity index is 1.27. The highest BCUT2D eigenvalue weighted by Gasteiger charge is 2.20. The molecule has 0 aliphatic carbocycles. The van der Waals surface area contributed by atoms with Crippen molar-refractivity contribution in [1.29, 1.82) is 0 Å². The molecule has 0 unspecified atom stereocenters. The van der Waals surface area contributed by atoms with E-state index in [9.17, 15) is 4.79 Å². The zero-order valence-electron chi connectivity index (χ0n) is 16.6. The lowest BCUT2D eigenvalue weighted by Crippen LogP contribution is -2.34. The maximum absolute atomic E-state index is 12.2. The average molecular weight is 386 g/mol. The van der Waals surface area contributed by atoms with E-state index in [1.165, 1.54) is 18.4 Å². The molecule has 2 aromatic carbocycles. The molecule has 1 aliphatic heterocycles. The summed E-state index contributed by atoms with van der Waals surface area (Å²) in [6, 6.07) is 24.5. The first kappa shape index (κ1) is 19.2. The van der Waals surface area contributed by atoms with Gasteiger partial charge in [-0.25, -0.2) is 4.98 Å². The van der Waals surface area contributed by atoms with Crippen molar-refractivity contribution in [3.63, 3.8) is 0 Å². The SMILES string of the molecule is O=C(Cc1ccccc1)Nc1ccc(N2CCC(Cc3ccccc3)CC2)nc1. The van der Waals surface area contributed by atoms with Gasteiger partial charge in [0.15, 0.2) is 0 Å². The lowest BCUT2D eigenvalue weighted by atomic mass is 9.90. The van der Waals surface area contributed by atoms with Crippen molar-refractivity contribution < 1.29 is 4.79 Å². The van der Waals surface area contributed by atoms with Crippen molar-refractivity contribution >= 4 is 17.4 Å². The van der Waals surface area contributed by atoms with Crippen LogP contribution in [0.1, 0.15) is 24.0 Å². The molecule has 0 atom stereocenters. The number of carbonyl (C=O) groups is 1. The second-order valence-corrected chi connectivity index (χ2v) is 7.74. The molecule has 3 aromatic rings. The van der Waals surface area contributed by atoms with Crippen molar-refractivity contribution in [3.8, 4) is 0 Å². The second-order valence-electron chi connectivity index (χ2n) is 7.74. The number of piperidine rings is 1. The van der Waals surface area contributed by atoms with Crippen LogP contribution < -0.4 is 10.2 Å². The first-order chi connectivity index (χ1) is 14.3. The van der Waals surface area contributed by atoms with Crippen LogP contribution in [0, 0.1) is 5.92 Å². The van der Waals surface area contributed by atoms with Gasteiger partial charge in [-0.3, -0.25) is 4.79 Å². The van der Waals surface area contributed by atoms with Crippen molar-refractivity contribution in [2.24, 2.45) is 5.92 Å². The van der Waals surface area contributed by atoms with E-state index in [1.807, 2.05) is 42.5 Å². The van der Waals surface area contributed by atoms with E-state index in [1.54, 1.807) is 6.20 Å². The average Bonchev–Trinajstić information content (AvgIpc) is 2.76. The molecule has 148 valence electrons. The van der Waals surface area contributed by atoms with Crippen LogP contribution in [0.2, 0.25) is 0 Å². The Bertz CT molecular complexity index is 902. The number of nitrogens with one attached hydrogen (secondary N) is 1. The van der Waals surface area contributed by atoms with Crippen molar-refractivity contribution in [2.75, 3.05) is 23.3 Å². The molecule has 4 heteroatoms. The van der Waals surface area contributed by atoms with Gasteiger partial charge in [0.2, 0.25) is 5.91 Å². The summed E-state index contributed by atoms with van der Waals surface area (Å²) in [5.74, 6) is 1.71. The first-order valence-electron chi connectivity index (χ1n) is 10.3.